The highest BCUT2D eigenvalue weighted by Crippen LogP contribution is 2.23. The summed E-state index contributed by atoms with van der Waals surface area (Å²) in [5.41, 5.74) is 1.71. The van der Waals surface area contributed by atoms with Crippen LogP contribution in [0.25, 0.3) is 0 Å². The molecule has 0 bridgehead atoms. The largest absolute Gasteiger partial charge is 0.388 e. The Balaban J connectivity index is 2.05. The quantitative estimate of drug-likeness (QED) is 0.918. The van der Waals surface area contributed by atoms with Crippen LogP contribution in [0.15, 0.2) is 40.2 Å². The Hall–Kier alpha value is -1.33. The van der Waals surface area contributed by atoms with Gasteiger partial charge in [-0.25, -0.2) is 0 Å². The van der Waals surface area contributed by atoms with Gasteiger partial charge in [0.1, 0.15) is 0 Å². The van der Waals surface area contributed by atoms with Crippen LogP contribution >= 0.6 is 27.3 Å². The Bertz CT molecular complexity index is 565. The molecule has 0 aliphatic carbocycles. The molecule has 0 spiro atoms. The molecule has 5 heteroatoms. The number of nitrogens with one attached hydrogen (secondary N) is 1. The van der Waals surface area contributed by atoms with E-state index < -0.39 is 0 Å². The Morgan fingerprint density at radius 3 is 2.47 bits per heavy atom. The number of rotatable bonds is 4. The normalized spacial score (nSPS) is 10.3. The second-order valence-electron chi connectivity index (χ2n) is 4.19. The zero-order chi connectivity index (χ0) is 13.8. The fourth-order valence-corrected chi connectivity index (χ4v) is 3.28. The third-order valence-corrected chi connectivity index (χ3v) is 4.40. The average Bonchev–Trinajstić information content (AvgIpc) is 2.83. The number of carbonyl (C=O) groups is 1. The van der Waals surface area contributed by atoms with E-state index in [1.807, 2.05) is 50.5 Å². The molecule has 1 heterocycles. The molecular weight excluding hydrogens is 324 g/mol. The summed E-state index contributed by atoms with van der Waals surface area (Å²) in [6, 6.07) is 11.5. The number of thiophene rings is 1. The monoisotopic (exact) mass is 338 g/mol. The van der Waals surface area contributed by atoms with Gasteiger partial charge in [0.2, 0.25) is 0 Å². The van der Waals surface area contributed by atoms with E-state index in [4.69, 9.17) is 0 Å². The molecule has 0 radical (unpaired) electrons. The minimum atomic E-state index is 0.0344. The second-order valence-corrected chi connectivity index (χ2v) is 6.74. The first-order valence-corrected chi connectivity index (χ1v) is 7.48. The first-order chi connectivity index (χ1) is 9.10. The van der Waals surface area contributed by atoms with Gasteiger partial charge in [-0.3, -0.25) is 4.79 Å². The molecule has 1 aromatic carbocycles. The molecule has 0 fully saturated rings. The van der Waals surface area contributed by atoms with Crippen molar-refractivity contribution in [3.05, 3.63) is 50.6 Å². The molecule has 19 heavy (non-hydrogen) atoms. The van der Waals surface area contributed by atoms with Crippen molar-refractivity contribution in [2.75, 3.05) is 19.4 Å². The number of nitrogens with zero attached hydrogens (tertiary/aromatic N) is 1. The van der Waals surface area contributed by atoms with Gasteiger partial charge in [0.15, 0.2) is 0 Å². The molecule has 0 atom stereocenters. The van der Waals surface area contributed by atoms with Crippen molar-refractivity contribution < 1.29 is 4.79 Å². The van der Waals surface area contributed by atoms with Crippen LogP contribution in [-0.2, 0) is 6.54 Å². The van der Waals surface area contributed by atoms with Crippen molar-refractivity contribution in [3.63, 3.8) is 0 Å². The Kier molecular flexibility index (Phi) is 4.61. The van der Waals surface area contributed by atoms with Crippen molar-refractivity contribution in [1.82, 2.24) is 4.90 Å². The minimum absolute atomic E-state index is 0.0344. The van der Waals surface area contributed by atoms with Crippen LogP contribution in [0.4, 0.5) is 5.69 Å². The molecule has 100 valence electrons. The SMILES string of the molecule is CNc1ccc(C(=O)N(C)Cc2ccc(Br)s2)cc1. The van der Waals surface area contributed by atoms with Gasteiger partial charge in [-0.1, -0.05) is 0 Å². The average molecular weight is 339 g/mol. The van der Waals surface area contributed by atoms with E-state index in [2.05, 4.69) is 21.2 Å². The molecule has 0 aliphatic heterocycles. The van der Waals surface area contributed by atoms with Gasteiger partial charge >= 0.3 is 0 Å². The van der Waals surface area contributed by atoms with E-state index in [1.165, 1.54) is 0 Å². The summed E-state index contributed by atoms with van der Waals surface area (Å²) in [5.74, 6) is 0.0344. The van der Waals surface area contributed by atoms with E-state index in [1.54, 1.807) is 16.2 Å². The number of hydrogen-bond acceptors (Lipinski definition) is 3. The number of halogens is 1. The van der Waals surface area contributed by atoms with Gasteiger partial charge in [-0.15, -0.1) is 11.3 Å². The third-order valence-electron chi connectivity index (χ3n) is 2.79. The standard InChI is InChI=1S/C14H15BrN2OS/c1-16-11-5-3-10(4-6-11)14(18)17(2)9-12-7-8-13(15)19-12/h3-8,16H,9H2,1-2H3. The zero-order valence-electron chi connectivity index (χ0n) is 10.8. The highest BCUT2D eigenvalue weighted by atomic mass is 79.9. The highest BCUT2D eigenvalue weighted by molar-refractivity contribution is 9.11. The summed E-state index contributed by atoms with van der Waals surface area (Å²) in [5, 5.41) is 3.04. The molecule has 1 amide bonds. The first-order valence-electron chi connectivity index (χ1n) is 5.87. The number of benzene rings is 1. The smallest absolute Gasteiger partial charge is 0.253 e. The molecule has 3 nitrogen and oxygen atoms in total. The fourth-order valence-electron chi connectivity index (χ4n) is 1.74. The van der Waals surface area contributed by atoms with Gasteiger partial charge in [0, 0.05) is 30.2 Å². The van der Waals surface area contributed by atoms with Crippen LogP contribution in [0.3, 0.4) is 0 Å². The predicted octanol–water partition coefficient (Wildman–Crippen LogP) is 3.82. The maximum atomic E-state index is 12.3. The van der Waals surface area contributed by atoms with E-state index in [0.29, 0.717) is 12.1 Å². The lowest BCUT2D eigenvalue weighted by Gasteiger charge is -2.16. The van der Waals surface area contributed by atoms with E-state index >= 15 is 0 Å². The molecule has 2 rings (SSSR count). The summed E-state index contributed by atoms with van der Waals surface area (Å²) < 4.78 is 1.08. The maximum Gasteiger partial charge on any atom is 0.253 e. The molecule has 1 aromatic heterocycles. The van der Waals surface area contributed by atoms with Crippen LogP contribution in [0.1, 0.15) is 15.2 Å². The Morgan fingerprint density at radius 2 is 1.95 bits per heavy atom. The first kappa shape index (κ1) is 14.1. The molecule has 0 saturated heterocycles. The van der Waals surface area contributed by atoms with Gasteiger partial charge in [0.25, 0.3) is 5.91 Å². The van der Waals surface area contributed by atoms with Crippen molar-refractivity contribution >= 4 is 38.9 Å². The lowest BCUT2D eigenvalue weighted by molar-refractivity contribution is 0.0786. The summed E-state index contributed by atoms with van der Waals surface area (Å²) in [6.45, 7) is 0.628. The van der Waals surface area contributed by atoms with Crippen LogP contribution in [0.5, 0.6) is 0 Å². The Morgan fingerprint density at radius 1 is 1.26 bits per heavy atom. The molecule has 0 saturated carbocycles. The van der Waals surface area contributed by atoms with E-state index in [0.717, 1.165) is 14.4 Å². The van der Waals surface area contributed by atoms with Gasteiger partial charge in [-0.05, 0) is 52.3 Å². The minimum Gasteiger partial charge on any atom is -0.388 e. The van der Waals surface area contributed by atoms with E-state index in [-0.39, 0.29) is 5.91 Å². The van der Waals surface area contributed by atoms with Crippen molar-refractivity contribution in [3.8, 4) is 0 Å². The third kappa shape index (κ3) is 3.58. The van der Waals surface area contributed by atoms with Crippen molar-refractivity contribution in [2.45, 2.75) is 6.54 Å². The topological polar surface area (TPSA) is 32.3 Å². The number of carbonyl (C=O) groups excluding carboxylic acids is 1. The lowest BCUT2D eigenvalue weighted by atomic mass is 10.2. The van der Waals surface area contributed by atoms with Crippen LogP contribution in [-0.4, -0.2) is 24.9 Å². The Labute approximate surface area is 125 Å². The molecule has 0 aliphatic rings. The van der Waals surface area contributed by atoms with Crippen LogP contribution < -0.4 is 5.32 Å². The van der Waals surface area contributed by atoms with Crippen LogP contribution in [0.2, 0.25) is 0 Å². The number of amides is 1. The van der Waals surface area contributed by atoms with Crippen molar-refractivity contribution in [1.29, 1.82) is 0 Å². The molecule has 2 aromatic rings. The summed E-state index contributed by atoms with van der Waals surface area (Å²) >= 11 is 5.08. The summed E-state index contributed by atoms with van der Waals surface area (Å²) in [6.07, 6.45) is 0. The zero-order valence-corrected chi connectivity index (χ0v) is 13.2. The van der Waals surface area contributed by atoms with Gasteiger partial charge in [0.05, 0.1) is 10.3 Å². The summed E-state index contributed by atoms with van der Waals surface area (Å²) in [4.78, 5) is 15.1. The number of anilines is 1. The highest BCUT2D eigenvalue weighted by Gasteiger charge is 2.12. The fraction of sp³-hybridized carbons (Fsp3) is 0.214. The molecule has 1 N–H and O–H groups in total. The molecular formula is C14H15BrN2OS. The van der Waals surface area contributed by atoms with Gasteiger partial charge < -0.3 is 10.2 Å². The maximum absolute atomic E-state index is 12.3. The second kappa shape index (κ2) is 6.21. The predicted molar refractivity (Wildman–Crippen MR) is 83.8 cm³/mol. The van der Waals surface area contributed by atoms with Crippen molar-refractivity contribution in [2.24, 2.45) is 0 Å². The summed E-state index contributed by atoms with van der Waals surface area (Å²) in [7, 11) is 3.68. The van der Waals surface area contributed by atoms with E-state index in [9.17, 15) is 4.79 Å². The molecule has 0 unspecified atom stereocenters. The van der Waals surface area contributed by atoms with Gasteiger partial charge in [-0.2, -0.15) is 0 Å². The van der Waals surface area contributed by atoms with Crippen LogP contribution in [0, 0.1) is 0 Å². The number of hydrogen-bond donors (Lipinski definition) is 1. The lowest BCUT2D eigenvalue weighted by Crippen LogP contribution is -2.25.